The molecule has 1 aromatic carbocycles. The summed E-state index contributed by atoms with van der Waals surface area (Å²) in [5.41, 5.74) is 0. The Morgan fingerprint density at radius 1 is 1.21 bits per heavy atom. The summed E-state index contributed by atoms with van der Waals surface area (Å²) in [6.45, 7) is 0. The lowest BCUT2D eigenvalue weighted by Crippen LogP contribution is -1.93. The van der Waals surface area contributed by atoms with Crippen molar-refractivity contribution in [2.45, 2.75) is 4.90 Å². The highest BCUT2D eigenvalue weighted by Crippen LogP contribution is 2.17. The summed E-state index contributed by atoms with van der Waals surface area (Å²) in [6, 6.07) is 4.94. The summed E-state index contributed by atoms with van der Waals surface area (Å²) >= 11 is 9.53. The van der Waals surface area contributed by atoms with Gasteiger partial charge in [-0.05, 0) is 12.1 Å². The van der Waals surface area contributed by atoms with Crippen molar-refractivity contribution in [3.05, 3.63) is 30.1 Å². The van der Waals surface area contributed by atoms with Crippen molar-refractivity contribution in [3.63, 3.8) is 0 Å². The molecule has 0 atom stereocenters. The SMILES string of the molecule is ClCCl.O=S(=O)(Cl)c1ccccc1F. The summed E-state index contributed by atoms with van der Waals surface area (Å²) < 4.78 is 33.8. The second-order valence-corrected chi connectivity index (χ2v) is 5.31. The first kappa shape index (κ1) is 14.0. The van der Waals surface area contributed by atoms with Crippen LogP contribution >= 0.6 is 33.9 Å². The van der Waals surface area contributed by atoms with Gasteiger partial charge in [0, 0.05) is 10.7 Å². The molecule has 0 saturated carbocycles. The lowest BCUT2D eigenvalue weighted by molar-refractivity contribution is 0.575. The molecule has 0 amide bonds. The molecule has 0 aliphatic carbocycles. The first-order valence-corrected chi connectivity index (χ1v) is 6.62. The number of alkyl halides is 2. The van der Waals surface area contributed by atoms with Gasteiger partial charge >= 0.3 is 0 Å². The topological polar surface area (TPSA) is 34.1 Å². The molecule has 1 rings (SSSR count). The smallest absolute Gasteiger partial charge is 0.207 e. The summed E-state index contributed by atoms with van der Waals surface area (Å²) in [4.78, 5) is -0.485. The number of hydrogen-bond donors (Lipinski definition) is 0. The number of halogens is 4. The van der Waals surface area contributed by atoms with Gasteiger partial charge in [-0.1, -0.05) is 12.1 Å². The Hall–Kier alpha value is -0.0300. The first-order valence-electron chi connectivity index (χ1n) is 3.24. The Balaban J connectivity index is 0.000000500. The maximum atomic E-state index is 12.6. The minimum absolute atomic E-state index is 0.194. The largest absolute Gasteiger partial charge is 0.264 e. The molecule has 7 heteroatoms. The fourth-order valence-corrected chi connectivity index (χ4v) is 1.56. The molecule has 0 bridgehead atoms. The van der Waals surface area contributed by atoms with E-state index >= 15 is 0 Å². The minimum Gasteiger partial charge on any atom is -0.207 e. The van der Waals surface area contributed by atoms with Crippen molar-refractivity contribution in [2.24, 2.45) is 0 Å². The molecule has 0 fully saturated rings. The van der Waals surface area contributed by atoms with Crippen molar-refractivity contribution in [3.8, 4) is 0 Å². The van der Waals surface area contributed by atoms with Gasteiger partial charge in [0.15, 0.2) is 0 Å². The molecular weight excluding hydrogens is 273 g/mol. The zero-order valence-corrected chi connectivity index (χ0v) is 9.84. The van der Waals surface area contributed by atoms with E-state index in [1.807, 2.05) is 0 Å². The molecule has 0 saturated heterocycles. The first-order chi connectivity index (χ1) is 6.43. The van der Waals surface area contributed by atoms with Crippen molar-refractivity contribution < 1.29 is 12.8 Å². The standard InChI is InChI=1S/C6H4ClFO2S.CH2Cl2/c7-11(9,10)6-4-2-1-3-5(6)8;2-1-3/h1-4H;1H2. The normalized spacial score (nSPS) is 10.3. The molecule has 80 valence electrons. The fraction of sp³-hybridized carbons (Fsp3) is 0.143. The molecule has 0 spiro atoms. The molecule has 0 aromatic heterocycles. The van der Waals surface area contributed by atoms with Gasteiger partial charge in [-0.15, -0.1) is 23.2 Å². The number of hydrogen-bond acceptors (Lipinski definition) is 2. The van der Waals surface area contributed by atoms with Crippen LogP contribution in [0.5, 0.6) is 0 Å². The second-order valence-electron chi connectivity index (χ2n) is 1.97. The number of benzene rings is 1. The van der Waals surface area contributed by atoms with E-state index in [2.05, 4.69) is 0 Å². The summed E-state index contributed by atoms with van der Waals surface area (Å²) in [5, 5.41) is 0.194. The van der Waals surface area contributed by atoms with Gasteiger partial charge in [0.1, 0.15) is 10.7 Å². The summed E-state index contributed by atoms with van der Waals surface area (Å²) in [6.07, 6.45) is 0. The third-order valence-corrected chi connectivity index (χ3v) is 2.45. The quantitative estimate of drug-likeness (QED) is 0.584. The maximum Gasteiger partial charge on any atom is 0.264 e. The van der Waals surface area contributed by atoms with Crippen molar-refractivity contribution in [2.75, 3.05) is 5.34 Å². The van der Waals surface area contributed by atoms with Crippen molar-refractivity contribution >= 4 is 42.9 Å². The third-order valence-electron chi connectivity index (χ3n) is 1.10. The van der Waals surface area contributed by atoms with Crippen molar-refractivity contribution in [1.82, 2.24) is 0 Å². The zero-order chi connectivity index (χ0) is 11.2. The highest BCUT2D eigenvalue weighted by Gasteiger charge is 2.13. The van der Waals surface area contributed by atoms with Crippen LogP contribution in [0.1, 0.15) is 0 Å². The van der Waals surface area contributed by atoms with Crippen LogP contribution in [0.15, 0.2) is 29.2 Å². The average molecular weight is 280 g/mol. The minimum atomic E-state index is -3.94. The van der Waals surface area contributed by atoms with Gasteiger partial charge < -0.3 is 0 Å². The van der Waals surface area contributed by atoms with Crippen LogP contribution in [0.3, 0.4) is 0 Å². The Labute approximate surface area is 96.0 Å². The molecule has 0 heterocycles. The second kappa shape index (κ2) is 6.45. The van der Waals surface area contributed by atoms with Crippen LogP contribution in [0.25, 0.3) is 0 Å². The Morgan fingerprint density at radius 3 is 1.93 bits per heavy atom. The van der Waals surface area contributed by atoms with Crippen molar-refractivity contribution in [1.29, 1.82) is 0 Å². The Morgan fingerprint density at radius 2 is 1.64 bits per heavy atom. The molecule has 0 aliphatic heterocycles. The van der Waals surface area contributed by atoms with Gasteiger partial charge in [0.25, 0.3) is 9.05 Å². The molecule has 14 heavy (non-hydrogen) atoms. The molecule has 1 aromatic rings. The van der Waals surface area contributed by atoms with E-state index < -0.39 is 19.8 Å². The zero-order valence-electron chi connectivity index (χ0n) is 6.75. The lowest BCUT2D eigenvalue weighted by Gasteiger charge is -1.95. The average Bonchev–Trinajstić information content (AvgIpc) is 2.04. The van der Waals surface area contributed by atoms with E-state index in [0.717, 1.165) is 12.1 Å². The number of rotatable bonds is 1. The van der Waals surface area contributed by atoms with Crippen LogP contribution in [0.2, 0.25) is 0 Å². The summed E-state index contributed by atoms with van der Waals surface area (Å²) in [7, 11) is 0.960. The van der Waals surface area contributed by atoms with E-state index in [-0.39, 0.29) is 5.34 Å². The van der Waals surface area contributed by atoms with Gasteiger partial charge in [-0.2, -0.15) is 0 Å². The molecule has 0 aliphatic rings. The Bertz CT molecular complexity index is 380. The van der Waals surface area contributed by atoms with Gasteiger partial charge in [0.2, 0.25) is 0 Å². The fourth-order valence-electron chi connectivity index (χ4n) is 0.642. The highest BCUT2D eigenvalue weighted by molar-refractivity contribution is 8.13. The van der Waals surface area contributed by atoms with Crippen LogP contribution in [0, 0.1) is 5.82 Å². The highest BCUT2D eigenvalue weighted by atomic mass is 35.7. The predicted octanol–water partition coefficient (Wildman–Crippen LogP) is 3.17. The summed E-state index contributed by atoms with van der Waals surface area (Å²) in [5.74, 6) is -0.831. The monoisotopic (exact) mass is 278 g/mol. The predicted molar refractivity (Wildman–Crippen MR) is 56.0 cm³/mol. The lowest BCUT2D eigenvalue weighted by atomic mass is 10.4. The van der Waals surface area contributed by atoms with Gasteiger partial charge in [0.05, 0.1) is 5.34 Å². The molecule has 0 radical (unpaired) electrons. The van der Waals surface area contributed by atoms with E-state index in [1.54, 1.807) is 0 Å². The van der Waals surface area contributed by atoms with E-state index in [0.29, 0.717) is 0 Å². The maximum absolute atomic E-state index is 12.6. The van der Waals surface area contributed by atoms with E-state index in [1.165, 1.54) is 12.1 Å². The molecule has 0 unspecified atom stereocenters. The van der Waals surface area contributed by atoms with Crippen LogP contribution in [-0.4, -0.2) is 13.8 Å². The van der Waals surface area contributed by atoms with Crippen LogP contribution in [0.4, 0.5) is 4.39 Å². The molecule has 2 nitrogen and oxygen atoms in total. The van der Waals surface area contributed by atoms with Gasteiger partial charge in [-0.3, -0.25) is 0 Å². The Kier molecular flexibility index (Phi) is 6.44. The van der Waals surface area contributed by atoms with Gasteiger partial charge in [-0.25, -0.2) is 12.8 Å². The van der Waals surface area contributed by atoms with E-state index in [4.69, 9.17) is 33.9 Å². The van der Waals surface area contributed by atoms with Crippen LogP contribution < -0.4 is 0 Å². The van der Waals surface area contributed by atoms with Crippen LogP contribution in [-0.2, 0) is 9.05 Å². The molecule has 0 N–H and O–H groups in total. The third kappa shape index (κ3) is 5.00. The van der Waals surface area contributed by atoms with E-state index in [9.17, 15) is 12.8 Å². The molecular formula is C7H6Cl3FO2S.